The molecule has 4 heteroatoms. The van der Waals surface area contributed by atoms with E-state index in [-0.39, 0.29) is 11.1 Å². The molecule has 2 rings (SSSR count). The number of benzene rings is 1. The first-order chi connectivity index (χ1) is 7.70. The van der Waals surface area contributed by atoms with E-state index < -0.39 is 0 Å². The van der Waals surface area contributed by atoms with Crippen LogP contribution in [0.2, 0.25) is 5.02 Å². The molecule has 3 nitrogen and oxygen atoms in total. The van der Waals surface area contributed by atoms with Crippen LogP contribution >= 0.6 is 11.6 Å². The van der Waals surface area contributed by atoms with Crippen LogP contribution in [0.25, 0.3) is 10.9 Å². The monoisotopic (exact) mass is 237 g/mol. The maximum Gasteiger partial charge on any atom is 0.259 e. The molecule has 1 N–H and O–H groups in total. The summed E-state index contributed by atoms with van der Waals surface area (Å²) in [6.07, 6.45) is 0.527. The van der Waals surface area contributed by atoms with Gasteiger partial charge in [0.2, 0.25) is 0 Å². The van der Waals surface area contributed by atoms with E-state index in [9.17, 15) is 9.59 Å². The lowest BCUT2D eigenvalue weighted by Crippen LogP contribution is -2.11. The van der Waals surface area contributed by atoms with Crippen molar-refractivity contribution in [3.8, 4) is 0 Å². The van der Waals surface area contributed by atoms with Crippen molar-refractivity contribution in [2.75, 3.05) is 0 Å². The van der Waals surface area contributed by atoms with E-state index in [1.165, 1.54) is 6.07 Å². The second-order valence-electron chi connectivity index (χ2n) is 2.90. The number of rotatable bonds is 1. The molecule has 0 unspecified atom stereocenters. The summed E-state index contributed by atoms with van der Waals surface area (Å²) < 4.78 is 0. The fourth-order valence-electron chi connectivity index (χ4n) is 1.28. The minimum atomic E-state index is -0.380. The molecule has 0 spiro atoms. The fourth-order valence-corrected chi connectivity index (χ4v) is 1.46. The first kappa shape index (κ1) is 12.5. The average Bonchev–Trinajstić information content (AvgIpc) is 2.31. The fraction of sp³-hybridized carbons (Fsp3) is 0.167. The Morgan fingerprint density at radius 2 is 1.94 bits per heavy atom. The van der Waals surface area contributed by atoms with Crippen molar-refractivity contribution in [3.63, 3.8) is 0 Å². The first-order valence-electron chi connectivity index (χ1n) is 4.98. The van der Waals surface area contributed by atoms with Crippen LogP contribution in [0, 0.1) is 0 Å². The second kappa shape index (κ2) is 5.47. The number of pyridine rings is 1. The molecule has 0 amide bonds. The molecule has 0 bridgehead atoms. The summed E-state index contributed by atoms with van der Waals surface area (Å²) in [5, 5.41) is 1.32. The predicted octanol–water partition coefficient (Wildman–Crippen LogP) is 3.02. The highest BCUT2D eigenvalue weighted by Gasteiger charge is 2.01. The topological polar surface area (TPSA) is 49.9 Å². The van der Waals surface area contributed by atoms with E-state index >= 15 is 0 Å². The van der Waals surface area contributed by atoms with Gasteiger partial charge in [0.1, 0.15) is 0 Å². The Bertz CT molecular complexity index is 560. The van der Waals surface area contributed by atoms with Crippen molar-refractivity contribution in [3.05, 3.63) is 45.2 Å². The van der Waals surface area contributed by atoms with Crippen LogP contribution in [0.1, 0.15) is 24.2 Å². The summed E-state index contributed by atoms with van der Waals surface area (Å²) in [6.45, 7) is 4.00. The minimum Gasteiger partial charge on any atom is -0.321 e. The average molecular weight is 238 g/mol. The van der Waals surface area contributed by atoms with E-state index in [4.69, 9.17) is 11.6 Å². The van der Waals surface area contributed by atoms with Crippen LogP contribution in [0.5, 0.6) is 0 Å². The first-order valence-corrected chi connectivity index (χ1v) is 5.36. The molecule has 0 saturated heterocycles. The van der Waals surface area contributed by atoms with Gasteiger partial charge in [-0.25, -0.2) is 0 Å². The highest BCUT2D eigenvalue weighted by molar-refractivity contribution is 6.31. The molecule has 0 radical (unpaired) electrons. The van der Waals surface area contributed by atoms with E-state index in [2.05, 4.69) is 4.98 Å². The Labute approximate surface area is 98.1 Å². The number of H-pyrrole nitrogens is 1. The number of hydrogen-bond donors (Lipinski definition) is 1. The third-order valence-electron chi connectivity index (χ3n) is 1.96. The Balaban J connectivity index is 0.000000606. The quantitative estimate of drug-likeness (QED) is 0.775. The van der Waals surface area contributed by atoms with Crippen molar-refractivity contribution < 1.29 is 4.79 Å². The lowest BCUT2D eigenvalue weighted by Gasteiger charge is -1.98. The summed E-state index contributed by atoms with van der Waals surface area (Å²) in [5.41, 5.74) is 0.402. The molecule has 0 fully saturated rings. The maximum atomic E-state index is 11.2. The smallest absolute Gasteiger partial charge is 0.259 e. The lowest BCUT2D eigenvalue weighted by molar-refractivity contribution is 0.112. The number of carbonyl (C=O) groups is 1. The summed E-state index contributed by atoms with van der Waals surface area (Å²) in [6, 6.07) is 6.60. The second-order valence-corrected chi connectivity index (χ2v) is 3.34. The highest BCUT2D eigenvalue weighted by atomic mass is 35.5. The summed E-state index contributed by atoms with van der Waals surface area (Å²) in [4.78, 5) is 24.3. The molecular formula is C12H12ClNO2. The van der Waals surface area contributed by atoms with Gasteiger partial charge in [-0.1, -0.05) is 25.4 Å². The van der Waals surface area contributed by atoms with Crippen molar-refractivity contribution in [2.24, 2.45) is 0 Å². The molecule has 0 atom stereocenters. The van der Waals surface area contributed by atoms with Crippen LogP contribution in [0.15, 0.2) is 29.1 Å². The molecule has 84 valence electrons. The Morgan fingerprint density at radius 3 is 2.56 bits per heavy atom. The number of carbonyl (C=O) groups excluding carboxylic acids is 1. The number of halogens is 1. The van der Waals surface area contributed by atoms with Gasteiger partial charge in [0.15, 0.2) is 6.29 Å². The molecular weight excluding hydrogens is 226 g/mol. The van der Waals surface area contributed by atoms with Crippen molar-refractivity contribution in [1.29, 1.82) is 0 Å². The molecule has 0 aliphatic carbocycles. The van der Waals surface area contributed by atoms with E-state index in [0.29, 0.717) is 16.8 Å². The van der Waals surface area contributed by atoms with Crippen LogP contribution in [-0.2, 0) is 0 Å². The van der Waals surface area contributed by atoms with Crippen molar-refractivity contribution >= 4 is 28.8 Å². The molecule has 0 aliphatic heterocycles. The molecule has 0 saturated carbocycles. The SMILES string of the molecule is CC.O=Cc1cc2cc(Cl)ccc2[nH]c1=O. The highest BCUT2D eigenvalue weighted by Crippen LogP contribution is 2.16. The number of aromatic nitrogens is 1. The zero-order valence-corrected chi connectivity index (χ0v) is 9.84. The van der Waals surface area contributed by atoms with Gasteiger partial charge in [-0.2, -0.15) is 0 Å². The third kappa shape index (κ3) is 2.49. The van der Waals surface area contributed by atoms with Crippen LogP contribution in [0.4, 0.5) is 0 Å². The van der Waals surface area contributed by atoms with Crippen LogP contribution in [0.3, 0.4) is 0 Å². The van der Waals surface area contributed by atoms with Gasteiger partial charge in [-0.05, 0) is 24.3 Å². The van der Waals surface area contributed by atoms with Gasteiger partial charge >= 0.3 is 0 Å². The number of aldehydes is 1. The van der Waals surface area contributed by atoms with Crippen molar-refractivity contribution in [1.82, 2.24) is 4.98 Å². The van der Waals surface area contributed by atoms with Crippen LogP contribution in [-0.4, -0.2) is 11.3 Å². The van der Waals surface area contributed by atoms with Gasteiger partial charge in [-0.15, -0.1) is 0 Å². The Kier molecular flexibility index (Phi) is 4.26. The zero-order chi connectivity index (χ0) is 12.1. The normalized spacial score (nSPS) is 9.44. The number of hydrogen-bond acceptors (Lipinski definition) is 2. The summed E-state index contributed by atoms with van der Waals surface area (Å²) in [7, 11) is 0. The van der Waals surface area contributed by atoms with Crippen molar-refractivity contribution in [2.45, 2.75) is 13.8 Å². The van der Waals surface area contributed by atoms with E-state index in [0.717, 1.165) is 5.39 Å². The number of aromatic amines is 1. The maximum absolute atomic E-state index is 11.2. The summed E-state index contributed by atoms with van der Waals surface area (Å²) >= 11 is 5.77. The van der Waals surface area contributed by atoms with E-state index in [1.54, 1.807) is 18.2 Å². The lowest BCUT2D eigenvalue weighted by atomic mass is 10.2. The largest absolute Gasteiger partial charge is 0.321 e. The van der Waals surface area contributed by atoms with E-state index in [1.807, 2.05) is 13.8 Å². The van der Waals surface area contributed by atoms with Gasteiger partial charge < -0.3 is 4.98 Å². The van der Waals surface area contributed by atoms with Gasteiger partial charge in [0.25, 0.3) is 5.56 Å². The zero-order valence-electron chi connectivity index (χ0n) is 9.08. The summed E-state index contributed by atoms with van der Waals surface area (Å²) in [5.74, 6) is 0. The molecule has 0 aliphatic rings. The molecule has 1 aromatic heterocycles. The Hall–Kier alpha value is -1.61. The number of fused-ring (bicyclic) bond motifs is 1. The molecule has 1 aromatic carbocycles. The van der Waals surface area contributed by atoms with Gasteiger partial charge in [0, 0.05) is 15.9 Å². The van der Waals surface area contributed by atoms with Gasteiger partial charge in [-0.3, -0.25) is 9.59 Å². The third-order valence-corrected chi connectivity index (χ3v) is 2.20. The molecule has 16 heavy (non-hydrogen) atoms. The predicted molar refractivity (Wildman–Crippen MR) is 66.3 cm³/mol. The minimum absolute atomic E-state index is 0.111. The molecule has 1 heterocycles. The molecule has 2 aromatic rings. The standard InChI is InChI=1S/C10H6ClNO2.C2H6/c11-8-1-2-9-6(4-8)3-7(5-13)10(14)12-9;1-2/h1-5H,(H,12,14);1-2H3. The Morgan fingerprint density at radius 1 is 1.25 bits per heavy atom. The van der Waals surface area contributed by atoms with Crippen LogP contribution < -0.4 is 5.56 Å². The van der Waals surface area contributed by atoms with Gasteiger partial charge in [0.05, 0.1) is 5.56 Å². The number of nitrogens with one attached hydrogen (secondary N) is 1.